The Morgan fingerprint density at radius 3 is 2.88 bits per heavy atom. The summed E-state index contributed by atoms with van der Waals surface area (Å²) in [5, 5.41) is 7.38. The molecule has 1 rings (SSSR count). The fourth-order valence-corrected chi connectivity index (χ4v) is 3.29. The number of nitrogens with two attached hydrogens (primary N) is 1. The summed E-state index contributed by atoms with van der Waals surface area (Å²) in [5.41, 5.74) is 5.43. The second-order valence-electron chi connectivity index (χ2n) is 4.17. The van der Waals surface area contributed by atoms with E-state index in [0.717, 1.165) is 12.8 Å². The van der Waals surface area contributed by atoms with Gasteiger partial charge in [0, 0.05) is 25.6 Å². The third-order valence-corrected chi connectivity index (χ3v) is 4.71. The Bertz CT molecular complexity index is 356. The molecule has 1 atom stereocenters. The van der Waals surface area contributed by atoms with Gasteiger partial charge >= 0.3 is 0 Å². The maximum absolute atomic E-state index is 12.0. The van der Waals surface area contributed by atoms with E-state index >= 15 is 0 Å². The second-order valence-corrected chi connectivity index (χ2v) is 6.25. The molecule has 0 radical (unpaired) electrons. The van der Waals surface area contributed by atoms with Crippen molar-refractivity contribution in [3.05, 3.63) is 0 Å². The molecule has 0 aromatic rings. The van der Waals surface area contributed by atoms with Crippen molar-refractivity contribution in [2.75, 3.05) is 32.1 Å². The zero-order valence-corrected chi connectivity index (χ0v) is 11.0. The minimum absolute atomic E-state index is 0.00542. The van der Waals surface area contributed by atoms with E-state index in [1.165, 1.54) is 4.31 Å². The number of piperidine rings is 1. The molecule has 0 saturated carbocycles. The Hall–Kier alpha value is -0.660. The molecule has 100 valence electrons. The van der Waals surface area contributed by atoms with Crippen LogP contribution in [-0.2, 0) is 14.8 Å². The highest BCUT2D eigenvalue weighted by Crippen LogP contribution is 2.19. The van der Waals surface area contributed by atoms with Crippen LogP contribution in [0.3, 0.4) is 0 Å². The Labute approximate surface area is 103 Å². The van der Waals surface area contributed by atoms with Crippen LogP contribution in [0.2, 0.25) is 0 Å². The van der Waals surface area contributed by atoms with Gasteiger partial charge in [0.1, 0.15) is 0 Å². The molecule has 17 heavy (non-hydrogen) atoms. The van der Waals surface area contributed by atoms with Gasteiger partial charge in [0.2, 0.25) is 10.0 Å². The van der Waals surface area contributed by atoms with Gasteiger partial charge in [-0.1, -0.05) is 0 Å². The number of nitrogens with zero attached hydrogens (tertiary/aromatic N) is 1. The van der Waals surface area contributed by atoms with Gasteiger partial charge < -0.3 is 10.5 Å². The quantitative estimate of drug-likeness (QED) is 0.400. The highest BCUT2D eigenvalue weighted by molar-refractivity contribution is 7.89. The molecule has 0 aromatic carbocycles. The van der Waals surface area contributed by atoms with E-state index in [2.05, 4.69) is 0 Å². The van der Waals surface area contributed by atoms with E-state index in [9.17, 15) is 8.42 Å². The van der Waals surface area contributed by atoms with Crippen molar-refractivity contribution in [1.29, 1.82) is 5.41 Å². The molecule has 1 aliphatic rings. The lowest BCUT2D eigenvalue weighted by Gasteiger charge is -2.31. The molecular formula is C10H21N3O3S. The number of rotatable bonds is 6. The molecule has 1 fully saturated rings. The summed E-state index contributed by atoms with van der Waals surface area (Å²) >= 11 is 0. The van der Waals surface area contributed by atoms with E-state index in [1.54, 1.807) is 0 Å². The lowest BCUT2D eigenvalue weighted by molar-refractivity contribution is 0.162. The first-order valence-corrected chi connectivity index (χ1v) is 7.47. The average Bonchev–Trinajstić information content (AvgIpc) is 2.29. The Morgan fingerprint density at radius 2 is 2.29 bits per heavy atom. The van der Waals surface area contributed by atoms with Crippen molar-refractivity contribution in [2.45, 2.75) is 19.8 Å². The minimum Gasteiger partial charge on any atom is -0.387 e. The summed E-state index contributed by atoms with van der Waals surface area (Å²) in [6, 6.07) is 0. The topological polar surface area (TPSA) is 96.5 Å². The highest BCUT2D eigenvalue weighted by atomic mass is 32.2. The van der Waals surface area contributed by atoms with Crippen LogP contribution < -0.4 is 5.73 Å². The minimum atomic E-state index is -3.27. The SMILES string of the molecule is CCOCCS(=O)(=O)N1CCCC(C(=N)N)C1. The zero-order chi connectivity index (χ0) is 12.9. The molecule has 0 aromatic heterocycles. The summed E-state index contributed by atoms with van der Waals surface area (Å²) in [5.74, 6) is -0.0498. The summed E-state index contributed by atoms with van der Waals surface area (Å²) in [4.78, 5) is 0. The summed E-state index contributed by atoms with van der Waals surface area (Å²) in [6.45, 7) is 3.44. The standard InChI is InChI=1S/C10H21N3O3S/c1-2-16-6-7-17(14,15)13-5-3-4-9(8-13)10(11)12/h9H,2-8H2,1H3,(H3,11,12). The number of amidine groups is 1. The van der Waals surface area contributed by atoms with Gasteiger partial charge in [-0.05, 0) is 19.8 Å². The van der Waals surface area contributed by atoms with Crippen LogP contribution in [0.25, 0.3) is 0 Å². The molecule has 0 amide bonds. The molecule has 1 saturated heterocycles. The molecule has 6 nitrogen and oxygen atoms in total. The van der Waals surface area contributed by atoms with Gasteiger partial charge in [-0.25, -0.2) is 12.7 Å². The zero-order valence-electron chi connectivity index (χ0n) is 10.2. The van der Waals surface area contributed by atoms with Crippen molar-refractivity contribution in [1.82, 2.24) is 4.31 Å². The maximum Gasteiger partial charge on any atom is 0.216 e. The van der Waals surface area contributed by atoms with Gasteiger partial charge in [0.15, 0.2) is 0 Å². The van der Waals surface area contributed by atoms with Crippen LogP contribution in [0.1, 0.15) is 19.8 Å². The summed E-state index contributed by atoms with van der Waals surface area (Å²) < 4.78 is 30.4. The van der Waals surface area contributed by atoms with Gasteiger partial charge in [0.25, 0.3) is 0 Å². The van der Waals surface area contributed by atoms with E-state index < -0.39 is 10.0 Å². The third-order valence-electron chi connectivity index (χ3n) is 2.91. The van der Waals surface area contributed by atoms with E-state index in [0.29, 0.717) is 19.7 Å². The van der Waals surface area contributed by atoms with Crippen molar-refractivity contribution in [2.24, 2.45) is 11.7 Å². The first-order valence-electron chi connectivity index (χ1n) is 5.87. The van der Waals surface area contributed by atoms with E-state index in [4.69, 9.17) is 15.9 Å². The predicted octanol–water partition coefficient (Wildman–Crippen LogP) is 0.000670. The van der Waals surface area contributed by atoms with Crippen LogP contribution >= 0.6 is 0 Å². The largest absolute Gasteiger partial charge is 0.387 e. The fraction of sp³-hybridized carbons (Fsp3) is 0.900. The second kappa shape index (κ2) is 6.32. The molecule has 0 spiro atoms. The van der Waals surface area contributed by atoms with Crippen molar-refractivity contribution in [3.63, 3.8) is 0 Å². The Balaban J connectivity index is 2.55. The Morgan fingerprint density at radius 1 is 1.59 bits per heavy atom. The number of hydrogen-bond donors (Lipinski definition) is 2. The smallest absolute Gasteiger partial charge is 0.216 e. The van der Waals surface area contributed by atoms with Crippen LogP contribution in [0.15, 0.2) is 0 Å². The molecule has 0 bridgehead atoms. The molecule has 1 heterocycles. The summed E-state index contributed by atoms with van der Waals surface area (Å²) in [6.07, 6.45) is 1.56. The number of nitrogens with one attached hydrogen (secondary N) is 1. The maximum atomic E-state index is 12.0. The van der Waals surface area contributed by atoms with E-state index in [1.807, 2.05) is 6.92 Å². The fourth-order valence-electron chi connectivity index (χ4n) is 1.89. The molecular weight excluding hydrogens is 242 g/mol. The van der Waals surface area contributed by atoms with Gasteiger partial charge in [-0.15, -0.1) is 0 Å². The highest BCUT2D eigenvalue weighted by Gasteiger charge is 2.29. The van der Waals surface area contributed by atoms with Crippen molar-refractivity contribution >= 4 is 15.9 Å². The predicted molar refractivity (Wildman–Crippen MR) is 66.5 cm³/mol. The molecule has 1 aliphatic heterocycles. The van der Waals surface area contributed by atoms with Gasteiger partial charge in [0.05, 0.1) is 18.2 Å². The van der Waals surface area contributed by atoms with Crippen molar-refractivity contribution < 1.29 is 13.2 Å². The average molecular weight is 263 g/mol. The number of sulfonamides is 1. The van der Waals surface area contributed by atoms with Crippen molar-refractivity contribution in [3.8, 4) is 0 Å². The first-order chi connectivity index (χ1) is 7.97. The number of ether oxygens (including phenoxy) is 1. The van der Waals surface area contributed by atoms with Crippen LogP contribution in [0.5, 0.6) is 0 Å². The normalized spacial score (nSPS) is 22.5. The first kappa shape index (κ1) is 14.4. The molecule has 3 N–H and O–H groups in total. The molecule has 0 aliphatic carbocycles. The lowest BCUT2D eigenvalue weighted by atomic mass is 9.99. The third kappa shape index (κ3) is 4.25. The van der Waals surface area contributed by atoms with Gasteiger partial charge in [-0.2, -0.15) is 0 Å². The lowest BCUT2D eigenvalue weighted by Crippen LogP contribution is -2.45. The number of hydrogen-bond acceptors (Lipinski definition) is 4. The van der Waals surface area contributed by atoms with Gasteiger partial charge in [-0.3, -0.25) is 5.41 Å². The van der Waals surface area contributed by atoms with Crippen LogP contribution in [0.4, 0.5) is 0 Å². The van der Waals surface area contributed by atoms with Crippen LogP contribution in [-0.4, -0.2) is 50.6 Å². The molecule has 7 heteroatoms. The Kier molecular flexibility index (Phi) is 5.35. The monoisotopic (exact) mass is 263 g/mol. The summed E-state index contributed by atoms with van der Waals surface area (Å²) in [7, 11) is -3.27. The molecule has 1 unspecified atom stereocenters. The van der Waals surface area contributed by atoms with E-state index in [-0.39, 0.29) is 24.1 Å². The van der Waals surface area contributed by atoms with Crippen LogP contribution in [0, 0.1) is 11.3 Å².